The van der Waals surface area contributed by atoms with Gasteiger partial charge in [-0.2, -0.15) is 0 Å². The van der Waals surface area contributed by atoms with Crippen LogP contribution in [0.25, 0.3) is 17.0 Å². The predicted octanol–water partition coefficient (Wildman–Crippen LogP) is 3.72. The van der Waals surface area contributed by atoms with Crippen LogP contribution in [-0.2, 0) is 9.59 Å². The molecule has 4 rings (SSSR count). The number of carbonyl (C=O) groups excluding carboxylic acids is 3. The number of amides is 2. The fourth-order valence-corrected chi connectivity index (χ4v) is 3.19. The van der Waals surface area contributed by atoms with Crippen molar-refractivity contribution in [2.45, 2.75) is 13.3 Å². The van der Waals surface area contributed by atoms with E-state index < -0.39 is 0 Å². The highest BCUT2D eigenvalue weighted by Crippen LogP contribution is 2.29. The van der Waals surface area contributed by atoms with E-state index in [2.05, 4.69) is 4.98 Å². The molecule has 0 unspecified atom stereocenters. The van der Waals surface area contributed by atoms with Crippen molar-refractivity contribution in [1.29, 1.82) is 0 Å². The topological polar surface area (TPSA) is 70.2 Å². The molecule has 0 saturated carbocycles. The number of imide groups is 1. The Morgan fingerprint density at radius 3 is 2.54 bits per heavy atom. The number of fused-ring (bicyclic) bond motifs is 1. The summed E-state index contributed by atoms with van der Waals surface area (Å²) in [4.78, 5) is 40.9. The number of Topliss-reactive ketones (excluding diaryl/α,β-unsaturated/α-hetero) is 1. The number of H-pyrrole nitrogens is 1. The van der Waals surface area contributed by atoms with Crippen LogP contribution in [0.1, 0.15) is 29.3 Å². The van der Waals surface area contributed by atoms with E-state index in [9.17, 15) is 14.4 Å². The summed E-state index contributed by atoms with van der Waals surface area (Å²) >= 11 is 0. The summed E-state index contributed by atoms with van der Waals surface area (Å²) in [5.41, 5.74) is 3.34. The number of ketones is 1. The number of para-hydroxylation sites is 1. The minimum Gasteiger partial charge on any atom is -0.361 e. The van der Waals surface area contributed by atoms with E-state index in [-0.39, 0.29) is 24.0 Å². The fourth-order valence-electron chi connectivity index (χ4n) is 3.19. The van der Waals surface area contributed by atoms with Gasteiger partial charge in [0, 0.05) is 33.8 Å². The number of hydrogen-bond donors (Lipinski definition) is 1. The van der Waals surface area contributed by atoms with Gasteiger partial charge in [0.25, 0.3) is 5.91 Å². The predicted molar refractivity (Wildman–Crippen MR) is 99.8 cm³/mol. The Morgan fingerprint density at radius 1 is 1.08 bits per heavy atom. The molecule has 2 heterocycles. The number of aromatic amines is 1. The largest absolute Gasteiger partial charge is 0.361 e. The Morgan fingerprint density at radius 2 is 1.81 bits per heavy atom. The molecule has 1 aromatic heterocycles. The lowest BCUT2D eigenvalue weighted by Crippen LogP contribution is -2.28. The molecule has 1 fully saturated rings. The molecule has 2 amide bonds. The molecule has 1 aliphatic heterocycles. The van der Waals surface area contributed by atoms with Crippen molar-refractivity contribution in [3.63, 3.8) is 0 Å². The number of nitrogens with one attached hydrogen (secondary N) is 1. The Hall–Kier alpha value is -3.47. The smallest absolute Gasteiger partial charge is 0.261 e. The van der Waals surface area contributed by atoms with Gasteiger partial charge >= 0.3 is 0 Å². The molecule has 2 aromatic carbocycles. The molecule has 1 saturated heterocycles. The minimum atomic E-state index is -0.323. The second kappa shape index (κ2) is 6.11. The molecular weight excluding hydrogens is 328 g/mol. The van der Waals surface area contributed by atoms with Gasteiger partial charge in [-0.25, -0.2) is 4.90 Å². The van der Waals surface area contributed by atoms with Crippen molar-refractivity contribution in [3.05, 3.63) is 71.4 Å². The average Bonchev–Trinajstić information content (AvgIpc) is 3.16. The van der Waals surface area contributed by atoms with Gasteiger partial charge in [-0.15, -0.1) is 0 Å². The molecule has 0 atom stereocenters. The van der Waals surface area contributed by atoms with Gasteiger partial charge in [-0.3, -0.25) is 14.4 Å². The van der Waals surface area contributed by atoms with Gasteiger partial charge < -0.3 is 4.98 Å². The summed E-state index contributed by atoms with van der Waals surface area (Å²) in [7, 11) is 0. The first-order valence-electron chi connectivity index (χ1n) is 8.29. The van der Waals surface area contributed by atoms with Gasteiger partial charge in [-0.05, 0) is 43.3 Å². The van der Waals surface area contributed by atoms with Gasteiger partial charge in [0.2, 0.25) is 5.91 Å². The molecule has 26 heavy (non-hydrogen) atoms. The quantitative estimate of drug-likeness (QED) is 0.447. The van der Waals surface area contributed by atoms with Crippen LogP contribution in [0.3, 0.4) is 0 Å². The zero-order valence-electron chi connectivity index (χ0n) is 14.2. The van der Waals surface area contributed by atoms with E-state index in [1.165, 1.54) is 11.8 Å². The second-order valence-corrected chi connectivity index (χ2v) is 6.27. The van der Waals surface area contributed by atoms with Crippen LogP contribution in [0.5, 0.6) is 0 Å². The SMILES string of the molecule is CC(=O)c1ccc(N2C(=O)CC(=Cc3c[nH]c4ccccc34)C2=O)cc1. The first kappa shape index (κ1) is 16.0. The van der Waals surface area contributed by atoms with E-state index >= 15 is 0 Å². The lowest BCUT2D eigenvalue weighted by molar-refractivity contribution is -0.120. The fraction of sp³-hybridized carbons (Fsp3) is 0.0952. The zero-order chi connectivity index (χ0) is 18.3. The number of carbonyl (C=O) groups is 3. The molecule has 0 spiro atoms. The molecule has 128 valence electrons. The van der Waals surface area contributed by atoms with Gasteiger partial charge in [0.15, 0.2) is 5.78 Å². The monoisotopic (exact) mass is 344 g/mol. The molecule has 5 nitrogen and oxygen atoms in total. The maximum Gasteiger partial charge on any atom is 0.261 e. The molecule has 0 aliphatic carbocycles. The first-order valence-corrected chi connectivity index (χ1v) is 8.29. The van der Waals surface area contributed by atoms with Crippen molar-refractivity contribution in [1.82, 2.24) is 4.98 Å². The van der Waals surface area contributed by atoms with E-state index in [4.69, 9.17) is 0 Å². The molecular formula is C21H16N2O3. The summed E-state index contributed by atoms with van der Waals surface area (Å²) in [5.74, 6) is -0.650. The number of aromatic nitrogens is 1. The van der Waals surface area contributed by atoms with Crippen molar-refractivity contribution in [2.24, 2.45) is 0 Å². The summed E-state index contributed by atoms with van der Waals surface area (Å²) < 4.78 is 0. The van der Waals surface area contributed by atoms with Gasteiger partial charge in [0.05, 0.1) is 12.1 Å². The number of rotatable bonds is 3. The lowest BCUT2D eigenvalue weighted by atomic mass is 10.1. The Balaban J connectivity index is 1.68. The molecule has 1 N–H and O–H groups in total. The van der Waals surface area contributed by atoms with Crippen LogP contribution in [0.2, 0.25) is 0 Å². The van der Waals surface area contributed by atoms with E-state index in [0.717, 1.165) is 16.5 Å². The second-order valence-electron chi connectivity index (χ2n) is 6.27. The van der Waals surface area contributed by atoms with E-state index in [0.29, 0.717) is 16.8 Å². The highest BCUT2D eigenvalue weighted by atomic mass is 16.2. The van der Waals surface area contributed by atoms with Crippen LogP contribution in [0, 0.1) is 0 Å². The molecule has 5 heteroatoms. The molecule has 0 radical (unpaired) electrons. The summed E-state index contributed by atoms with van der Waals surface area (Å²) in [5, 5.41) is 1.00. The Kier molecular flexibility index (Phi) is 3.77. The minimum absolute atomic E-state index is 0.0597. The van der Waals surface area contributed by atoms with Crippen molar-refractivity contribution >= 4 is 40.3 Å². The van der Waals surface area contributed by atoms with E-state index in [1.54, 1.807) is 30.3 Å². The Labute approximate surface area is 149 Å². The summed E-state index contributed by atoms with van der Waals surface area (Å²) in [6, 6.07) is 14.3. The van der Waals surface area contributed by atoms with Crippen LogP contribution in [0.4, 0.5) is 5.69 Å². The Bertz CT molecular complexity index is 1070. The highest BCUT2D eigenvalue weighted by Gasteiger charge is 2.35. The molecule has 1 aliphatic rings. The average molecular weight is 344 g/mol. The first-order chi connectivity index (χ1) is 12.5. The van der Waals surface area contributed by atoms with Crippen LogP contribution >= 0.6 is 0 Å². The van der Waals surface area contributed by atoms with Crippen LogP contribution < -0.4 is 4.90 Å². The maximum atomic E-state index is 12.8. The number of hydrogen-bond acceptors (Lipinski definition) is 3. The number of nitrogens with zero attached hydrogens (tertiary/aromatic N) is 1. The van der Waals surface area contributed by atoms with E-state index in [1.807, 2.05) is 30.5 Å². The summed E-state index contributed by atoms with van der Waals surface area (Å²) in [6.45, 7) is 1.48. The third kappa shape index (κ3) is 2.63. The van der Waals surface area contributed by atoms with Crippen LogP contribution in [-0.4, -0.2) is 22.6 Å². The third-order valence-corrected chi connectivity index (χ3v) is 4.55. The number of anilines is 1. The van der Waals surface area contributed by atoms with Crippen LogP contribution in [0.15, 0.2) is 60.3 Å². The zero-order valence-corrected chi connectivity index (χ0v) is 14.2. The standard InChI is InChI=1S/C21H16N2O3/c1-13(24)14-6-8-17(9-7-14)23-20(25)11-15(21(23)26)10-16-12-22-19-5-3-2-4-18(16)19/h2-10,12,22H,11H2,1H3. The maximum absolute atomic E-state index is 12.8. The normalized spacial score (nSPS) is 16.0. The summed E-state index contributed by atoms with van der Waals surface area (Å²) in [6.07, 6.45) is 3.66. The molecule has 3 aromatic rings. The van der Waals surface area contributed by atoms with Crippen molar-refractivity contribution in [3.8, 4) is 0 Å². The third-order valence-electron chi connectivity index (χ3n) is 4.55. The lowest BCUT2D eigenvalue weighted by Gasteiger charge is -2.13. The molecule has 0 bridgehead atoms. The van der Waals surface area contributed by atoms with Gasteiger partial charge in [0.1, 0.15) is 0 Å². The van der Waals surface area contributed by atoms with Crippen molar-refractivity contribution < 1.29 is 14.4 Å². The number of benzene rings is 2. The van der Waals surface area contributed by atoms with Crippen molar-refractivity contribution in [2.75, 3.05) is 4.90 Å². The van der Waals surface area contributed by atoms with Gasteiger partial charge in [-0.1, -0.05) is 18.2 Å². The highest BCUT2D eigenvalue weighted by molar-refractivity contribution is 6.29.